The van der Waals surface area contributed by atoms with Crippen LogP contribution >= 0.6 is 0 Å². The van der Waals surface area contributed by atoms with E-state index in [1.54, 1.807) is 4.90 Å². The molecule has 5 atom stereocenters. The van der Waals surface area contributed by atoms with Crippen molar-refractivity contribution in [1.82, 2.24) is 0 Å². The average molecular weight is 291 g/mol. The molecule has 1 saturated carbocycles. The Hall–Kier alpha value is -2.13. The summed E-state index contributed by atoms with van der Waals surface area (Å²) in [5, 5.41) is 13.0. The van der Waals surface area contributed by atoms with Crippen LogP contribution in [-0.4, -0.2) is 17.2 Å². The molecule has 3 nitrogen and oxygen atoms in total. The SMILES string of the molecule is O=C1C2C3C=CC(C3)C2C(O)N1c1cccc2ccccc12. The van der Waals surface area contributed by atoms with Gasteiger partial charge in [-0.25, -0.2) is 0 Å². The lowest BCUT2D eigenvalue weighted by Gasteiger charge is -2.26. The normalized spacial score (nSPS) is 35.6. The predicted octanol–water partition coefficient (Wildman–Crippen LogP) is 2.94. The minimum absolute atomic E-state index is 0.0380. The first kappa shape index (κ1) is 12.4. The van der Waals surface area contributed by atoms with Gasteiger partial charge in [0.25, 0.3) is 0 Å². The van der Waals surface area contributed by atoms with Crippen LogP contribution in [0.2, 0.25) is 0 Å². The molecule has 0 spiro atoms. The molecule has 2 fully saturated rings. The molecule has 1 N–H and O–H groups in total. The summed E-state index contributed by atoms with van der Waals surface area (Å²) in [5.41, 5.74) is 0.837. The molecule has 2 bridgehead atoms. The Morgan fingerprint density at radius 2 is 1.77 bits per heavy atom. The maximum atomic E-state index is 13.0. The van der Waals surface area contributed by atoms with Crippen LogP contribution in [0.1, 0.15) is 6.42 Å². The Bertz CT molecular complexity index is 807. The molecule has 3 heteroatoms. The summed E-state index contributed by atoms with van der Waals surface area (Å²) in [5.74, 6) is 0.780. The van der Waals surface area contributed by atoms with Crippen molar-refractivity contribution in [3.05, 3.63) is 54.6 Å². The van der Waals surface area contributed by atoms with E-state index < -0.39 is 6.23 Å². The number of aliphatic hydroxyl groups excluding tert-OH is 1. The van der Waals surface area contributed by atoms with Gasteiger partial charge in [0.1, 0.15) is 6.23 Å². The quantitative estimate of drug-likeness (QED) is 0.821. The average Bonchev–Trinajstić information content (AvgIpc) is 3.21. The van der Waals surface area contributed by atoms with E-state index in [1.165, 1.54) is 0 Å². The van der Waals surface area contributed by atoms with Gasteiger partial charge < -0.3 is 5.11 Å². The number of hydrogen-bond acceptors (Lipinski definition) is 2. The van der Waals surface area contributed by atoms with Gasteiger partial charge in [-0.2, -0.15) is 0 Å². The molecule has 0 radical (unpaired) electrons. The van der Waals surface area contributed by atoms with Gasteiger partial charge in [-0.15, -0.1) is 0 Å². The van der Waals surface area contributed by atoms with Gasteiger partial charge >= 0.3 is 0 Å². The van der Waals surface area contributed by atoms with E-state index in [9.17, 15) is 9.90 Å². The van der Waals surface area contributed by atoms with Crippen LogP contribution in [0.4, 0.5) is 5.69 Å². The molecule has 2 aliphatic carbocycles. The summed E-state index contributed by atoms with van der Waals surface area (Å²) in [6, 6.07) is 14.0. The van der Waals surface area contributed by atoms with E-state index in [4.69, 9.17) is 0 Å². The third-order valence-corrected chi connectivity index (χ3v) is 5.68. The van der Waals surface area contributed by atoms with Gasteiger partial charge in [-0.3, -0.25) is 9.69 Å². The Balaban J connectivity index is 1.65. The number of benzene rings is 2. The Morgan fingerprint density at radius 3 is 2.64 bits per heavy atom. The van der Waals surface area contributed by atoms with Gasteiger partial charge in [-0.1, -0.05) is 48.6 Å². The van der Waals surface area contributed by atoms with Crippen molar-refractivity contribution >= 4 is 22.4 Å². The Morgan fingerprint density at radius 1 is 1.00 bits per heavy atom. The summed E-state index contributed by atoms with van der Waals surface area (Å²) >= 11 is 0. The van der Waals surface area contributed by atoms with E-state index in [1.807, 2.05) is 42.5 Å². The number of anilines is 1. The number of allylic oxidation sites excluding steroid dienone is 2. The van der Waals surface area contributed by atoms with Crippen molar-refractivity contribution in [2.24, 2.45) is 23.7 Å². The van der Waals surface area contributed by atoms with E-state index >= 15 is 0 Å². The molecule has 1 saturated heterocycles. The second-order valence-corrected chi connectivity index (χ2v) is 6.67. The minimum atomic E-state index is -0.705. The number of rotatable bonds is 1. The molecule has 1 aliphatic heterocycles. The molecule has 1 amide bonds. The van der Waals surface area contributed by atoms with Gasteiger partial charge in [0.15, 0.2) is 0 Å². The zero-order valence-electron chi connectivity index (χ0n) is 12.1. The molecular weight excluding hydrogens is 274 g/mol. The molecule has 110 valence electrons. The fourth-order valence-corrected chi connectivity index (χ4v) is 4.76. The third kappa shape index (κ3) is 1.42. The van der Waals surface area contributed by atoms with Crippen molar-refractivity contribution in [1.29, 1.82) is 0 Å². The lowest BCUT2D eigenvalue weighted by Crippen LogP contribution is -2.36. The topological polar surface area (TPSA) is 40.5 Å². The van der Waals surface area contributed by atoms with Gasteiger partial charge in [0.05, 0.1) is 11.6 Å². The van der Waals surface area contributed by atoms with Crippen molar-refractivity contribution in [3.8, 4) is 0 Å². The Kier molecular flexibility index (Phi) is 2.37. The zero-order chi connectivity index (χ0) is 14.8. The highest BCUT2D eigenvalue weighted by atomic mass is 16.3. The highest BCUT2D eigenvalue weighted by Crippen LogP contribution is 2.55. The predicted molar refractivity (Wildman–Crippen MR) is 85.2 cm³/mol. The standard InChI is InChI=1S/C19H17NO2/c21-18-16-12-8-9-13(10-12)17(16)19(22)20(18)15-7-3-5-11-4-1-2-6-14(11)15/h1-9,12-13,16-18,21H,10H2. The fourth-order valence-electron chi connectivity index (χ4n) is 4.76. The molecule has 3 aliphatic rings. The molecule has 1 heterocycles. The van der Waals surface area contributed by atoms with Crippen molar-refractivity contribution in [2.75, 3.05) is 4.90 Å². The van der Waals surface area contributed by atoms with E-state index in [2.05, 4.69) is 12.2 Å². The van der Waals surface area contributed by atoms with E-state index in [0.717, 1.165) is 22.9 Å². The van der Waals surface area contributed by atoms with Crippen LogP contribution in [-0.2, 0) is 4.79 Å². The van der Waals surface area contributed by atoms with Crippen LogP contribution in [0.25, 0.3) is 10.8 Å². The summed E-state index contributed by atoms with van der Waals surface area (Å²) in [6.45, 7) is 0. The smallest absolute Gasteiger partial charge is 0.233 e. The van der Waals surface area contributed by atoms with Gasteiger partial charge in [0.2, 0.25) is 5.91 Å². The maximum Gasteiger partial charge on any atom is 0.233 e. The lowest BCUT2D eigenvalue weighted by molar-refractivity contribution is -0.121. The van der Waals surface area contributed by atoms with Gasteiger partial charge in [0, 0.05) is 11.3 Å². The second kappa shape index (κ2) is 4.20. The molecule has 2 aromatic rings. The summed E-state index contributed by atoms with van der Waals surface area (Å²) in [4.78, 5) is 14.6. The third-order valence-electron chi connectivity index (χ3n) is 5.68. The number of hydrogen-bond donors (Lipinski definition) is 1. The highest BCUT2D eigenvalue weighted by molar-refractivity contribution is 6.06. The summed E-state index contributed by atoms with van der Waals surface area (Å²) in [6.07, 6.45) is 4.68. The van der Waals surface area contributed by atoms with Crippen LogP contribution in [0.3, 0.4) is 0 Å². The van der Waals surface area contributed by atoms with Crippen molar-refractivity contribution in [2.45, 2.75) is 12.6 Å². The van der Waals surface area contributed by atoms with E-state index in [0.29, 0.717) is 11.8 Å². The van der Waals surface area contributed by atoms with Crippen LogP contribution in [0, 0.1) is 23.7 Å². The van der Waals surface area contributed by atoms with E-state index in [-0.39, 0.29) is 17.7 Å². The summed E-state index contributed by atoms with van der Waals surface area (Å²) in [7, 11) is 0. The number of nitrogens with zero attached hydrogens (tertiary/aromatic N) is 1. The molecular formula is C19H17NO2. The number of amides is 1. The van der Waals surface area contributed by atoms with Gasteiger partial charge in [-0.05, 0) is 29.7 Å². The highest BCUT2D eigenvalue weighted by Gasteiger charge is 2.59. The first-order chi connectivity index (χ1) is 10.8. The largest absolute Gasteiger partial charge is 0.373 e. The Labute approximate surface area is 128 Å². The monoisotopic (exact) mass is 291 g/mol. The van der Waals surface area contributed by atoms with Crippen molar-refractivity contribution < 1.29 is 9.90 Å². The zero-order valence-corrected chi connectivity index (χ0v) is 12.1. The number of fused-ring (bicyclic) bond motifs is 6. The first-order valence-electron chi connectivity index (χ1n) is 7.93. The minimum Gasteiger partial charge on any atom is -0.373 e. The fraction of sp³-hybridized carbons (Fsp3) is 0.316. The molecule has 22 heavy (non-hydrogen) atoms. The number of carbonyl (C=O) groups is 1. The lowest BCUT2D eigenvalue weighted by atomic mass is 9.85. The molecule has 0 aromatic heterocycles. The molecule has 5 unspecified atom stereocenters. The maximum absolute atomic E-state index is 13.0. The van der Waals surface area contributed by atoms with Crippen LogP contribution < -0.4 is 4.90 Å². The van der Waals surface area contributed by atoms with Crippen LogP contribution in [0.5, 0.6) is 0 Å². The van der Waals surface area contributed by atoms with Crippen molar-refractivity contribution in [3.63, 3.8) is 0 Å². The molecule has 5 rings (SSSR count). The van der Waals surface area contributed by atoms with Crippen LogP contribution in [0.15, 0.2) is 54.6 Å². The number of aliphatic hydroxyl groups is 1. The second-order valence-electron chi connectivity index (χ2n) is 6.67. The number of carbonyl (C=O) groups excluding carboxylic acids is 1. The molecule has 2 aromatic carbocycles. The first-order valence-corrected chi connectivity index (χ1v) is 7.93. The summed E-state index contributed by atoms with van der Waals surface area (Å²) < 4.78 is 0.